The minimum Gasteiger partial charge on any atom is -0.104 e. The van der Waals surface area contributed by atoms with Crippen LogP contribution in [0.15, 0.2) is 30.0 Å². The van der Waals surface area contributed by atoms with E-state index in [4.69, 9.17) is 0 Å². The van der Waals surface area contributed by atoms with Gasteiger partial charge in [0.25, 0.3) is 0 Å². The highest BCUT2D eigenvalue weighted by Gasteiger charge is 2.02. The number of benzene rings is 1. The van der Waals surface area contributed by atoms with Crippen molar-refractivity contribution >= 4 is 14.7 Å². The average molecular weight is 204 g/mol. The van der Waals surface area contributed by atoms with Crippen LogP contribution in [0.25, 0.3) is 0 Å². The highest BCUT2D eigenvalue weighted by molar-refractivity contribution is 6.61. The van der Waals surface area contributed by atoms with Gasteiger partial charge in [-0.05, 0) is 31.4 Å². The molecule has 1 rings (SSSR count). The summed E-state index contributed by atoms with van der Waals surface area (Å²) >= 11 is 0. The van der Waals surface area contributed by atoms with E-state index in [0.29, 0.717) is 0 Å². The van der Waals surface area contributed by atoms with E-state index in [1.165, 1.54) is 29.2 Å². The lowest BCUT2D eigenvalue weighted by atomic mass is 10.1. The van der Waals surface area contributed by atoms with E-state index < -0.39 is 0 Å². The van der Waals surface area contributed by atoms with Crippen LogP contribution in [0.5, 0.6) is 0 Å². The molecule has 0 heterocycles. The van der Waals surface area contributed by atoms with Crippen LogP contribution < -0.4 is 5.19 Å². The topological polar surface area (TPSA) is 0 Å². The zero-order chi connectivity index (χ0) is 10.6. The normalized spacial score (nSPS) is 11.1. The van der Waals surface area contributed by atoms with E-state index in [2.05, 4.69) is 45.5 Å². The van der Waals surface area contributed by atoms with Gasteiger partial charge in [0.15, 0.2) is 0 Å². The summed E-state index contributed by atoms with van der Waals surface area (Å²) in [6.45, 7) is 10.8. The van der Waals surface area contributed by atoms with Crippen molar-refractivity contribution in [2.75, 3.05) is 0 Å². The quantitative estimate of drug-likeness (QED) is 0.661. The second kappa shape index (κ2) is 5.16. The Hall–Kier alpha value is -0.823. The monoisotopic (exact) mass is 204 g/mol. The standard InChI is InChI=1S/C13H20Si/c1-5-7-11(3)14-13-9-6-8-10(2)12(13)4/h6,8-9H,3,5,7,14H2,1-2,4H3. The molecule has 0 saturated heterocycles. The molecular formula is C13H20Si. The molecule has 0 spiro atoms. The molecule has 0 radical (unpaired) electrons. The third-order valence-corrected chi connectivity index (χ3v) is 4.76. The minimum atomic E-state index is -0.243. The predicted molar refractivity (Wildman–Crippen MR) is 68.1 cm³/mol. The van der Waals surface area contributed by atoms with Gasteiger partial charge < -0.3 is 0 Å². The molecular weight excluding hydrogens is 184 g/mol. The maximum Gasteiger partial charge on any atom is 0.0820 e. The Morgan fingerprint density at radius 3 is 2.71 bits per heavy atom. The third-order valence-electron chi connectivity index (χ3n) is 2.76. The molecule has 0 bridgehead atoms. The molecule has 0 saturated carbocycles. The van der Waals surface area contributed by atoms with Crippen LogP contribution in [0.2, 0.25) is 0 Å². The van der Waals surface area contributed by atoms with Gasteiger partial charge in [-0.3, -0.25) is 0 Å². The molecule has 0 aromatic heterocycles. The summed E-state index contributed by atoms with van der Waals surface area (Å²) in [7, 11) is -0.243. The zero-order valence-electron chi connectivity index (χ0n) is 9.56. The molecule has 0 atom stereocenters. The molecule has 1 aromatic carbocycles. The van der Waals surface area contributed by atoms with Crippen molar-refractivity contribution in [1.82, 2.24) is 0 Å². The number of allylic oxidation sites excluding steroid dienone is 1. The fourth-order valence-corrected chi connectivity index (χ4v) is 3.58. The summed E-state index contributed by atoms with van der Waals surface area (Å²) in [5.41, 5.74) is 2.90. The maximum absolute atomic E-state index is 4.17. The molecule has 0 aliphatic rings. The predicted octanol–water partition coefficient (Wildman–Crippen LogP) is 2.41. The molecule has 1 aromatic rings. The lowest BCUT2D eigenvalue weighted by molar-refractivity contribution is 0.946. The van der Waals surface area contributed by atoms with Gasteiger partial charge in [0.1, 0.15) is 0 Å². The maximum atomic E-state index is 4.17. The van der Waals surface area contributed by atoms with Crippen molar-refractivity contribution in [2.45, 2.75) is 33.6 Å². The summed E-state index contributed by atoms with van der Waals surface area (Å²) < 4.78 is 0. The van der Waals surface area contributed by atoms with Crippen molar-refractivity contribution in [2.24, 2.45) is 0 Å². The Morgan fingerprint density at radius 1 is 1.36 bits per heavy atom. The number of aryl methyl sites for hydroxylation is 1. The van der Waals surface area contributed by atoms with Gasteiger partial charge in [0.05, 0.1) is 9.52 Å². The van der Waals surface area contributed by atoms with Gasteiger partial charge in [0.2, 0.25) is 0 Å². The summed E-state index contributed by atoms with van der Waals surface area (Å²) in [6, 6.07) is 6.63. The van der Waals surface area contributed by atoms with Crippen LogP contribution in [-0.4, -0.2) is 9.52 Å². The summed E-state index contributed by atoms with van der Waals surface area (Å²) in [5, 5.41) is 3.06. The smallest absolute Gasteiger partial charge is 0.0820 e. The van der Waals surface area contributed by atoms with Gasteiger partial charge >= 0.3 is 0 Å². The van der Waals surface area contributed by atoms with Gasteiger partial charge in [-0.15, -0.1) is 6.58 Å². The van der Waals surface area contributed by atoms with Crippen molar-refractivity contribution in [3.8, 4) is 0 Å². The van der Waals surface area contributed by atoms with Crippen molar-refractivity contribution < 1.29 is 0 Å². The molecule has 0 N–H and O–H groups in total. The van der Waals surface area contributed by atoms with Crippen molar-refractivity contribution in [3.05, 3.63) is 41.1 Å². The van der Waals surface area contributed by atoms with Crippen LogP contribution in [0, 0.1) is 13.8 Å². The number of hydrogen-bond donors (Lipinski definition) is 0. The molecule has 0 aliphatic heterocycles. The first kappa shape index (κ1) is 11.3. The number of hydrogen-bond acceptors (Lipinski definition) is 0. The largest absolute Gasteiger partial charge is 0.104 e. The van der Waals surface area contributed by atoms with Gasteiger partial charge in [-0.1, -0.05) is 41.9 Å². The van der Waals surface area contributed by atoms with Crippen molar-refractivity contribution in [1.29, 1.82) is 0 Å². The van der Waals surface area contributed by atoms with Crippen LogP contribution in [0.3, 0.4) is 0 Å². The second-order valence-corrected chi connectivity index (χ2v) is 6.15. The first-order chi connectivity index (χ1) is 6.65. The van der Waals surface area contributed by atoms with Gasteiger partial charge in [0, 0.05) is 0 Å². The van der Waals surface area contributed by atoms with Crippen LogP contribution in [-0.2, 0) is 0 Å². The lowest BCUT2D eigenvalue weighted by Gasteiger charge is -2.09. The molecule has 14 heavy (non-hydrogen) atoms. The fraction of sp³-hybridized carbons (Fsp3) is 0.385. The van der Waals surface area contributed by atoms with Crippen LogP contribution in [0.4, 0.5) is 0 Å². The highest BCUT2D eigenvalue weighted by Crippen LogP contribution is 2.05. The zero-order valence-corrected chi connectivity index (χ0v) is 11.0. The van der Waals surface area contributed by atoms with Crippen LogP contribution in [0.1, 0.15) is 30.9 Å². The van der Waals surface area contributed by atoms with E-state index in [1.54, 1.807) is 5.19 Å². The summed E-state index contributed by atoms with van der Waals surface area (Å²) in [4.78, 5) is 0. The van der Waals surface area contributed by atoms with E-state index in [1.807, 2.05) is 0 Å². The first-order valence-electron chi connectivity index (χ1n) is 5.37. The molecule has 0 amide bonds. The highest BCUT2D eigenvalue weighted by atomic mass is 28.2. The molecule has 0 nitrogen and oxygen atoms in total. The Labute approximate surface area is 89.9 Å². The van der Waals surface area contributed by atoms with E-state index in [9.17, 15) is 0 Å². The van der Waals surface area contributed by atoms with Crippen LogP contribution >= 0.6 is 0 Å². The average Bonchev–Trinajstić information content (AvgIpc) is 2.13. The molecule has 1 heteroatoms. The van der Waals surface area contributed by atoms with Gasteiger partial charge in [-0.2, -0.15) is 0 Å². The molecule has 0 unspecified atom stereocenters. The minimum absolute atomic E-state index is 0.243. The van der Waals surface area contributed by atoms with E-state index in [-0.39, 0.29) is 9.52 Å². The van der Waals surface area contributed by atoms with E-state index in [0.717, 1.165) is 0 Å². The second-order valence-electron chi connectivity index (χ2n) is 4.04. The van der Waals surface area contributed by atoms with Gasteiger partial charge in [-0.25, -0.2) is 0 Å². The number of rotatable bonds is 4. The summed E-state index contributed by atoms with van der Waals surface area (Å²) in [5.74, 6) is 0. The van der Waals surface area contributed by atoms with Crippen molar-refractivity contribution in [3.63, 3.8) is 0 Å². The summed E-state index contributed by atoms with van der Waals surface area (Å²) in [6.07, 6.45) is 2.44. The fourth-order valence-electron chi connectivity index (χ4n) is 1.71. The Morgan fingerprint density at radius 2 is 2.07 bits per heavy atom. The lowest BCUT2D eigenvalue weighted by Crippen LogP contribution is -2.20. The Balaban J connectivity index is 2.76. The molecule has 0 fully saturated rings. The third kappa shape index (κ3) is 2.84. The molecule has 0 aliphatic carbocycles. The molecule has 76 valence electrons. The SMILES string of the molecule is C=C(CCC)[SiH2]c1cccc(C)c1C. The Kier molecular flexibility index (Phi) is 4.14. The van der Waals surface area contributed by atoms with E-state index >= 15 is 0 Å². The first-order valence-corrected chi connectivity index (χ1v) is 6.78. The Bertz CT molecular complexity index is 326.